The number of halogens is 1. The highest BCUT2D eigenvalue weighted by Gasteiger charge is 2.33. The van der Waals surface area contributed by atoms with Crippen LogP contribution in [-0.2, 0) is 9.53 Å². The monoisotopic (exact) mass is 310 g/mol. The lowest BCUT2D eigenvalue weighted by molar-refractivity contribution is -0.119. The van der Waals surface area contributed by atoms with Gasteiger partial charge in [0.2, 0.25) is 0 Å². The van der Waals surface area contributed by atoms with Crippen molar-refractivity contribution in [1.29, 1.82) is 0 Å². The molecule has 0 spiro atoms. The van der Waals surface area contributed by atoms with Crippen LogP contribution in [0, 0.1) is 5.82 Å². The van der Waals surface area contributed by atoms with Crippen molar-refractivity contribution < 1.29 is 23.5 Å². The van der Waals surface area contributed by atoms with Gasteiger partial charge in [-0.05, 0) is 39.8 Å². The number of fused-ring (bicyclic) bond motifs is 1. The van der Waals surface area contributed by atoms with Crippen molar-refractivity contribution in [2.24, 2.45) is 0 Å². The summed E-state index contributed by atoms with van der Waals surface area (Å²) in [6.45, 7) is 6.77. The van der Waals surface area contributed by atoms with Gasteiger partial charge in [0, 0.05) is 6.07 Å². The largest absolute Gasteiger partial charge is 0.486 e. The predicted octanol–water partition coefficient (Wildman–Crippen LogP) is 2.44. The van der Waals surface area contributed by atoms with Crippen LogP contribution in [0.25, 0.3) is 0 Å². The molecule has 0 fully saturated rings. The molecule has 1 heterocycles. The lowest BCUT2D eigenvalue weighted by atomic mass is 10.1. The third kappa shape index (κ3) is 3.87. The van der Waals surface area contributed by atoms with E-state index in [2.05, 4.69) is 10.6 Å². The van der Waals surface area contributed by atoms with Gasteiger partial charge < -0.3 is 20.1 Å². The van der Waals surface area contributed by atoms with E-state index >= 15 is 0 Å². The molecular formula is C15H19FN2O4. The maximum Gasteiger partial charge on any atom is 0.408 e. The average Bonchev–Trinajstić information content (AvgIpc) is 2.46. The van der Waals surface area contributed by atoms with Crippen molar-refractivity contribution in [2.75, 3.05) is 5.32 Å². The van der Waals surface area contributed by atoms with E-state index in [4.69, 9.17) is 9.47 Å². The molecule has 120 valence electrons. The van der Waals surface area contributed by atoms with E-state index in [0.717, 1.165) is 0 Å². The van der Waals surface area contributed by atoms with E-state index in [9.17, 15) is 14.0 Å². The first-order chi connectivity index (χ1) is 10.2. The summed E-state index contributed by atoms with van der Waals surface area (Å²) in [5.41, 5.74) is -0.326. The Balaban J connectivity index is 2.15. The number of benzene rings is 1. The molecule has 1 aliphatic heterocycles. The fourth-order valence-electron chi connectivity index (χ4n) is 2.01. The van der Waals surface area contributed by atoms with Gasteiger partial charge in [0.15, 0.2) is 0 Å². The Morgan fingerprint density at radius 3 is 2.73 bits per heavy atom. The predicted molar refractivity (Wildman–Crippen MR) is 78.3 cm³/mol. The number of carbonyl (C=O) groups excluding carboxylic acids is 2. The minimum absolute atomic E-state index is 0.217. The first-order valence-corrected chi connectivity index (χ1v) is 6.92. The smallest absolute Gasteiger partial charge is 0.408 e. The summed E-state index contributed by atoms with van der Waals surface area (Å²) in [7, 11) is 0. The standard InChI is InChI=1S/C15H19FN2O4/c1-8-12(18-14(20)22-15(2,3)4)13(19)17-10-6-5-9(16)7-11(10)21-8/h5-8,12H,1-4H3,(H,17,19)(H,18,20). The highest BCUT2D eigenvalue weighted by Crippen LogP contribution is 2.29. The van der Waals surface area contributed by atoms with E-state index in [-0.39, 0.29) is 5.75 Å². The van der Waals surface area contributed by atoms with Gasteiger partial charge in [-0.1, -0.05) is 0 Å². The SMILES string of the molecule is CC1Oc2cc(F)ccc2NC(=O)C1NC(=O)OC(C)(C)C. The number of rotatable bonds is 1. The molecule has 0 radical (unpaired) electrons. The third-order valence-electron chi connectivity index (χ3n) is 2.94. The molecule has 7 heteroatoms. The maximum absolute atomic E-state index is 13.3. The molecule has 2 N–H and O–H groups in total. The minimum Gasteiger partial charge on any atom is -0.486 e. The van der Waals surface area contributed by atoms with Gasteiger partial charge in [0.25, 0.3) is 5.91 Å². The Bertz CT molecular complexity index is 598. The molecular weight excluding hydrogens is 291 g/mol. The zero-order valence-electron chi connectivity index (χ0n) is 12.9. The number of nitrogens with one attached hydrogen (secondary N) is 2. The van der Waals surface area contributed by atoms with E-state index in [1.165, 1.54) is 18.2 Å². The quantitative estimate of drug-likeness (QED) is 0.835. The first kappa shape index (κ1) is 16.1. The number of anilines is 1. The molecule has 0 saturated heterocycles. The van der Waals surface area contributed by atoms with Crippen molar-refractivity contribution >= 4 is 17.7 Å². The van der Waals surface area contributed by atoms with Crippen LogP contribution in [0.1, 0.15) is 27.7 Å². The molecule has 6 nitrogen and oxygen atoms in total. The molecule has 0 aromatic heterocycles. The van der Waals surface area contributed by atoms with Gasteiger partial charge in [-0.25, -0.2) is 9.18 Å². The molecule has 2 rings (SSSR count). The topological polar surface area (TPSA) is 76.7 Å². The van der Waals surface area contributed by atoms with Crippen molar-refractivity contribution in [3.8, 4) is 5.75 Å². The van der Waals surface area contributed by atoms with Crippen LogP contribution in [0.3, 0.4) is 0 Å². The van der Waals surface area contributed by atoms with Gasteiger partial charge in [-0.3, -0.25) is 4.79 Å². The van der Waals surface area contributed by atoms with Crippen LogP contribution in [0.15, 0.2) is 18.2 Å². The summed E-state index contributed by atoms with van der Waals surface area (Å²) < 4.78 is 23.9. The molecule has 1 aliphatic rings. The van der Waals surface area contributed by atoms with Crippen molar-refractivity contribution in [2.45, 2.75) is 45.4 Å². The molecule has 0 aliphatic carbocycles. The zero-order valence-corrected chi connectivity index (χ0v) is 12.9. The second-order valence-electron chi connectivity index (χ2n) is 6.08. The van der Waals surface area contributed by atoms with Gasteiger partial charge in [-0.2, -0.15) is 0 Å². The molecule has 22 heavy (non-hydrogen) atoms. The maximum atomic E-state index is 13.3. The Morgan fingerprint density at radius 2 is 2.09 bits per heavy atom. The lowest BCUT2D eigenvalue weighted by Crippen LogP contribution is -2.51. The van der Waals surface area contributed by atoms with Crippen LogP contribution in [0.2, 0.25) is 0 Å². The minimum atomic E-state index is -0.953. The van der Waals surface area contributed by atoms with Gasteiger partial charge in [-0.15, -0.1) is 0 Å². The summed E-state index contributed by atoms with van der Waals surface area (Å²) >= 11 is 0. The van der Waals surface area contributed by atoms with Gasteiger partial charge in [0.05, 0.1) is 5.69 Å². The molecule has 2 unspecified atom stereocenters. The number of hydrogen-bond donors (Lipinski definition) is 2. The van der Waals surface area contributed by atoms with Crippen molar-refractivity contribution in [3.05, 3.63) is 24.0 Å². The van der Waals surface area contributed by atoms with E-state index in [0.29, 0.717) is 5.69 Å². The number of ether oxygens (including phenoxy) is 2. The Labute approximate surface area is 128 Å². The summed E-state index contributed by atoms with van der Waals surface area (Å²) in [5, 5.41) is 5.07. The summed E-state index contributed by atoms with van der Waals surface area (Å²) in [6, 6.07) is 2.85. The molecule has 0 saturated carbocycles. The molecule has 0 bridgehead atoms. The fraction of sp³-hybridized carbons (Fsp3) is 0.467. The van der Waals surface area contributed by atoms with Crippen LogP contribution < -0.4 is 15.4 Å². The molecule has 2 atom stereocenters. The number of alkyl carbamates (subject to hydrolysis) is 1. The van der Waals surface area contributed by atoms with Crippen molar-refractivity contribution in [3.63, 3.8) is 0 Å². The molecule has 1 aromatic rings. The van der Waals surface area contributed by atoms with Crippen LogP contribution >= 0.6 is 0 Å². The summed E-state index contributed by atoms with van der Waals surface area (Å²) in [4.78, 5) is 24.0. The average molecular weight is 310 g/mol. The summed E-state index contributed by atoms with van der Waals surface area (Å²) in [6.07, 6.45) is -1.41. The van der Waals surface area contributed by atoms with Crippen LogP contribution in [-0.4, -0.2) is 29.7 Å². The van der Waals surface area contributed by atoms with Crippen LogP contribution in [0.5, 0.6) is 5.75 Å². The van der Waals surface area contributed by atoms with E-state index in [1.807, 2.05) is 0 Å². The number of hydrogen-bond acceptors (Lipinski definition) is 4. The van der Waals surface area contributed by atoms with Crippen LogP contribution in [0.4, 0.5) is 14.9 Å². The number of carbonyl (C=O) groups is 2. The second kappa shape index (κ2) is 5.82. The second-order valence-corrected chi connectivity index (χ2v) is 6.08. The Hall–Kier alpha value is -2.31. The Morgan fingerprint density at radius 1 is 1.41 bits per heavy atom. The molecule has 1 aromatic carbocycles. The van der Waals surface area contributed by atoms with E-state index in [1.54, 1.807) is 27.7 Å². The lowest BCUT2D eigenvalue weighted by Gasteiger charge is -2.24. The van der Waals surface area contributed by atoms with Gasteiger partial charge >= 0.3 is 6.09 Å². The first-order valence-electron chi connectivity index (χ1n) is 6.92. The number of amides is 2. The molecule has 2 amide bonds. The fourth-order valence-corrected chi connectivity index (χ4v) is 2.01. The summed E-state index contributed by atoms with van der Waals surface area (Å²) in [5.74, 6) is -0.711. The zero-order chi connectivity index (χ0) is 16.5. The third-order valence-corrected chi connectivity index (χ3v) is 2.94. The van der Waals surface area contributed by atoms with Crippen molar-refractivity contribution in [1.82, 2.24) is 5.32 Å². The van der Waals surface area contributed by atoms with E-state index < -0.39 is 35.6 Å². The van der Waals surface area contributed by atoms with Gasteiger partial charge in [0.1, 0.15) is 29.3 Å². The normalized spacial score (nSPS) is 21.0. The highest BCUT2D eigenvalue weighted by atomic mass is 19.1. The Kier molecular flexibility index (Phi) is 4.25. The highest BCUT2D eigenvalue weighted by molar-refractivity contribution is 5.98.